The summed E-state index contributed by atoms with van der Waals surface area (Å²) in [4.78, 5) is 23.1. The van der Waals surface area contributed by atoms with Crippen LogP contribution in [0.2, 0.25) is 0 Å². The second-order valence-corrected chi connectivity index (χ2v) is 4.12. The van der Waals surface area contributed by atoms with Crippen LogP contribution in [0, 0.1) is 0 Å². The summed E-state index contributed by atoms with van der Waals surface area (Å²) in [6.45, 7) is 0.388. The lowest BCUT2D eigenvalue weighted by molar-refractivity contribution is 0.0966. The van der Waals surface area contributed by atoms with Gasteiger partial charge in [-0.3, -0.25) is 9.78 Å². The Bertz CT molecular complexity index is 674. The molecule has 2 aromatic rings. The number of nitrogens with two attached hydrogens (primary N) is 2. The first kappa shape index (κ1) is 11.3. The van der Waals surface area contributed by atoms with Crippen LogP contribution in [-0.2, 0) is 6.54 Å². The van der Waals surface area contributed by atoms with Gasteiger partial charge in [0, 0.05) is 30.7 Å². The van der Waals surface area contributed by atoms with Gasteiger partial charge < -0.3 is 21.8 Å². The van der Waals surface area contributed by atoms with E-state index in [1.165, 1.54) is 12.4 Å². The number of hydrogen-bond acceptors (Lipinski definition) is 5. The highest BCUT2D eigenvalue weighted by molar-refractivity contribution is 6.04. The monoisotopic (exact) mass is 256 g/mol. The third-order valence-corrected chi connectivity index (χ3v) is 3.04. The van der Waals surface area contributed by atoms with E-state index in [2.05, 4.69) is 20.3 Å². The number of nitrogens with one attached hydrogen (secondary N) is 2. The summed E-state index contributed by atoms with van der Waals surface area (Å²) in [7, 11) is 0. The minimum Gasteiger partial charge on any atom is -0.404 e. The number of fused-ring (bicyclic) bond motifs is 1. The number of imidazole rings is 1. The summed E-state index contributed by atoms with van der Waals surface area (Å²) in [6, 6.07) is 0. The van der Waals surface area contributed by atoms with Gasteiger partial charge in [-0.1, -0.05) is 0 Å². The smallest absolute Gasteiger partial charge is 0.254 e. The lowest BCUT2D eigenvalue weighted by Crippen LogP contribution is -2.13. The van der Waals surface area contributed by atoms with E-state index < -0.39 is 0 Å². The van der Waals surface area contributed by atoms with Gasteiger partial charge >= 0.3 is 0 Å². The van der Waals surface area contributed by atoms with Gasteiger partial charge in [0.15, 0.2) is 0 Å². The van der Waals surface area contributed by atoms with Gasteiger partial charge in [-0.25, -0.2) is 4.98 Å². The highest BCUT2D eigenvalue weighted by atomic mass is 16.1. The van der Waals surface area contributed by atoms with Crippen LogP contribution in [0.1, 0.15) is 27.4 Å². The third-order valence-electron chi connectivity index (χ3n) is 3.04. The molecule has 7 nitrogen and oxygen atoms in total. The van der Waals surface area contributed by atoms with E-state index in [1.807, 2.05) is 0 Å². The van der Waals surface area contributed by atoms with Crippen LogP contribution in [0.4, 0.5) is 5.69 Å². The van der Waals surface area contributed by atoms with Crippen LogP contribution in [0.5, 0.6) is 0 Å². The predicted octanol–water partition coefficient (Wildman–Crippen LogP) is -0.0218. The van der Waals surface area contributed by atoms with Crippen molar-refractivity contribution >= 4 is 17.2 Å². The van der Waals surface area contributed by atoms with Crippen molar-refractivity contribution in [3.8, 4) is 0 Å². The van der Waals surface area contributed by atoms with Crippen LogP contribution in [0.15, 0.2) is 24.8 Å². The fourth-order valence-corrected chi connectivity index (χ4v) is 2.18. The molecule has 1 amide bonds. The van der Waals surface area contributed by atoms with E-state index in [0.29, 0.717) is 34.9 Å². The molecular weight excluding hydrogens is 244 g/mol. The zero-order chi connectivity index (χ0) is 13.4. The van der Waals surface area contributed by atoms with Crippen molar-refractivity contribution in [2.75, 3.05) is 5.73 Å². The van der Waals surface area contributed by atoms with Crippen molar-refractivity contribution < 1.29 is 4.79 Å². The summed E-state index contributed by atoms with van der Waals surface area (Å²) >= 11 is 0. The first-order valence-corrected chi connectivity index (χ1v) is 5.70. The van der Waals surface area contributed by atoms with Gasteiger partial charge in [0.25, 0.3) is 5.91 Å². The molecule has 0 radical (unpaired) electrons. The van der Waals surface area contributed by atoms with Gasteiger partial charge in [0.05, 0.1) is 28.7 Å². The summed E-state index contributed by atoms with van der Waals surface area (Å²) in [5.41, 5.74) is 14.3. The fraction of sp³-hybridized carbons (Fsp3) is 0.0833. The SMILES string of the molecule is N/C=C(\c1ncc[nH]1)c1ncc(N)c2c1CNC2=O. The fourth-order valence-electron chi connectivity index (χ4n) is 2.18. The number of anilines is 1. The molecule has 3 rings (SSSR count). The number of aromatic nitrogens is 3. The molecule has 0 spiro atoms. The second-order valence-electron chi connectivity index (χ2n) is 4.12. The molecule has 0 fully saturated rings. The number of pyridine rings is 1. The Morgan fingerprint density at radius 1 is 1.42 bits per heavy atom. The largest absolute Gasteiger partial charge is 0.404 e. The maximum Gasteiger partial charge on any atom is 0.254 e. The summed E-state index contributed by atoms with van der Waals surface area (Å²) in [5, 5.41) is 2.73. The zero-order valence-electron chi connectivity index (χ0n) is 9.97. The van der Waals surface area contributed by atoms with Gasteiger partial charge in [-0.15, -0.1) is 0 Å². The molecule has 0 saturated heterocycles. The van der Waals surface area contributed by atoms with E-state index in [9.17, 15) is 4.79 Å². The molecule has 3 heterocycles. The minimum absolute atomic E-state index is 0.188. The van der Waals surface area contributed by atoms with E-state index in [0.717, 1.165) is 5.56 Å². The molecule has 0 saturated carbocycles. The lowest BCUT2D eigenvalue weighted by atomic mass is 10.0. The van der Waals surface area contributed by atoms with Crippen molar-refractivity contribution in [2.24, 2.45) is 5.73 Å². The van der Waals surface area contributed by atoms with E-state index in [4.69, 9.17) is 11.5 Å². The molecule has 7 heteroatoms. The van der Waals surface area contributed by atoms with Crippen LogP contribution in [0.25, 0.3) is 5.57 Å². The standard InChI is InChI=1S/C12H12N6O/c13-3-6(11-15-1-2-16-11)10-7-4-18-12(19)9(7)8(14)5-17-10/h1-3,5H,4,13-14H2,(H,15,16)(H,18,19)/b6-3-. The number of rotatable bonds is 2. The molecule has 6 N–H and O–H groups in total. The molecule has 0 bridgehead atoms. The molecule has 0 atom stereocenters. The van der Waals surface area contributed by atoms with Crippen molar-refractivity contribution in [1.82, 2.24) is 20.3 Å². The number of H-pyrrole nitrogens is 1. The van der Waals surface area contributed by atoms with Crippen molar-refractivity contribution in [3.63, 3.8) is 0 Å². The summed E-state index contributed by atoms with van der Waals surface area (Å²) < 4.78 is 0. The maximum atomic E-state index is 11.7. The van der Waals surface area contributed by atoms with Crippen LogP contribution in [0.3, 0.4) is 0 Å². The van der Waals surface area contributed by atoms with Gasteiger partial charge in [0.1, 0.15) is 5.82 Å². The van der Waals surface area contributed by atoms with Gasteiger partial charge in [-0.2, -0.15) is 0 Å². The molecule has 2 aromatic heterocycles. The van der Waals surface area contributed by atoms with E-state index in [1.54, 1.807) is 12.4 Å². The highest BCUT2D eigenvalue weighted by Crippen LogP contribution is 2.29. The van der Waals surface area contributed by atoms with Crippen molar-refractivity contribution in [3.05, 3.63) is 47.4 Å². The lowest BCUT2D eigenvalue weighted by Gasteiger charge is -2.09. The maximum absolute atomic E-state index is 11.7. The number of nitrogen functional groups attached to an aromatic ring is 1. The molecule has 0 aromatic carbocycles. The van der Waals surface area contributed by atoms with Crippen LogP contribution >= 0.6 is 0 Å². The molecule has 0 unspecified atom stereocenters. The Hall–Kier alpha value is -2.83. The number of nitrogens with zero attached hydrogens (tertiary/aromatic N) is 2. The third kappa shape index (κ3) is 1.63. The summed E-state index contributed by atoms with van der Waals surface area (Å²) in [5.74, 6) is 0.410. The number of hydrogen-bond donors (Lipinski definition) is 4. The Labute approximate surface area is 108 Å². The Morgan fingerprint density at radius 3 is 2.95 bits per heavy atom. The molecule has 1 aliphatic rings. The average molecular weight is 256 g/mol. The number of aromatic amines is 1. The van der Waals surface area contributed by atoms with Crippen molar-refractivity contribution in [2.45, 2.75) is 6.54 Å². The van der Waals surface area contributed by atoms with Crippen LogP contribution in [-0.4, -0.2) is 20.9 Å². The molecular formula is C12H12N6O. The molecule has 96 valence electrons. The second kappa shape index (κ2) is 4.13. The van der Waals surface area contributed by atoms with Crippen LogP contribution < -0.4 is 16.8 Å². The first-order chi connectivity index (χ1) is 9.22. The minimum atomic E-state index is -0.188. The Kier molecular flexibility index (Phi) is 2.45. The zero-order valence-corrected chi connectivity index (χ0v) is 9.97. The highest BCUT2D eigenvalue weighted by Gasteiger charge is 2.27. The molecule has 1 aliphatic heterocycles. The predicted molar refractivity (Wildman–Crippen MR) is 69.7 cm³/mol. The Balaban J connectivity index is 2.20. The van der Waals surface area contributed by atoms with E-state index >= 15 is 0 Å². The van der Waals surface area contributed by atoms with Gasteiger partial charge in [0.2, 0.25) is 0 Å². The number of carbonyl (C=O) groups is 1. The normalized spacial score (nSPS) is 14.3. The van der Waals surface area contributed by atoms with Crippen molar-refractivity contribution in [1.29, 1.82) is 0 Å². The topological polar surface area (TPSA) is 123 Å². The quantitative estimate of drug-likeness (QED) is 0.601. The summed E-state index contributed by atoms with van der Waals surface area (Å²) in [6.07, 6.45) is 6.20. The average Bonchev–Trinajstić information content (AvgIpc) is 3.04. The van der Waals surface area contributed by atoms with E-state index in [-0.39, 0.29) is 5.91 Å². The molecule has 19 heavy (non-hydrogen) atoms. The first-order valence-electron chi connectivity index (χ1n) is 5.70. The number of carbonyl (C=O) groups excluding carboxylic acids is 1. The van der Waals surface area contributed by atoms with Gasteiger partial charge in [-0.05, 0) is 0 Å². The molecule has 0 aliphatic carbocycles. The Morgan fingerprint density at radius 2 is 2.26 bits per heavy atom. The number of amides is 1.